The number of hydrogen-bond donors (Lipinski definition) is 2. The zero-order chi connectivity index (χ0) is 19.8. The highest BCUT2D eigenvalue weighted by Gasteiger charge is 2.17. The predicted molar refractivity (Wildman–Crippen MR) is 100 cm³/mol. The quantitative estimate of drug-likeness (QED) is 0.725. The van der Waals surface area contributed by atoms with E-state index >= 15 is 0 Å². The molecule has 27 heavy (non-hydrogen) atoms. The summed E-state index contributed by atoms with van der Waals surface area (Å²) in [4.78, 5) is 23.9. The van der Waals surface area contributed by atoms with Crippen molar-refractivity contribution in [3.8, 4) is 11.8 Å². The fourth-order valence-electron chi connectivity index (χ4n) is 2.33. The molecule has 2 amide bonds. The smallest absolute Gasteiger partial charge is 0.314 e. The van der Waals surface area contributed by atoms with Gasteiger partial charge < -0.3 is 15.4 Å². The molecule has 2 N–H and O–H groups in total. The molecule has 0 spiro atoms. The number of aromatic nitrogens is 2. The number of nitriles is 1. The minimum atomic E-state index is -0.803. The number of carbonyl (C=O) groups excluding carboxylic acids is 2. The lowest BCUT2D eigenvalue weighted by molar-refractivity contribution is -0.136. The SMILES string of the molecule is Cc1ccc(OC(C)CNC(=O)C(=O)Nc2cc(C)n(CCC#N)n2)cc1. The average Bonchev–Trinajstić information content (AvgIpc) is 2.98. The first-order chi connectivity index (χ1) is 12.9. The summed E-state index contributed by atoms with van der Waals surface area (Å²) in [5, 5.41) is 17.8. The fraction of sp³-hybridized carbons (Fsp3) is 0.368. The molecule has 0 saturated heterocycles. The summed E-state index contributed by atoms with van der Waals surface area (Å²) in [6.45, 7) is 6.22. The lowest BCUT2D eigenvalue weighted by Gasteiger charge is -2.15. The molecule has 0 bridgehead atoms. The molecule has 8 heteroatoms. The van der Waals surface area contributed by atoms with E-state index in [2.05, 4.69) is 15.7 Å². The number of ether oxygens (including phenoxy) is 1. The second kappa shape index (κ2) is 9.38. The fourth-order valence-corrected chi connectivity index (χ4v) is 2.33. The van der Waals surface area contributed by atoms with Crippen LogP contribution < -0.4 is 15.4 Å². The first-order valence-corrected chi connectivity index (χ1v) is 8.63. The summed E-state index contributed by atoms with van der Waals surface area (Å²) in [6, 6.07) is 11.3. The first kappa shape index (κ1) is 20.0. The normalized spacial score (nSPS) is 11.3. The van der Waals surface area contributed by atoms with E-state index in [0.29, 0.717) is 18.7 Å². The van der Waals surface area contributed by atoms with Crippen LogP contribution in [0.25, 0.3) is 0 Å². The van der Waals surface area contributed by atoms with Gasteiger partial charge in [0.1, 0.15) is 11.9 Å². The molecule has 142 valence electrons. The highest BCUT2D eigenvalue weighted by atomic mass is 16.5. The molecular weight excluding hydrogens is 346 g/mol. The molecule has 1 unspecified atom stereocenters. The number of anilines is 1. The lowest BCUT2D eigenvalue weighted by Crippen LogP contribution is -2.40. The summed E-state index contributed by atoms with van der Waals surface area (Å²) in [7, 11) is 0. The lowest BCUT2D eigenvalue weighted by atomic mass is 10.2. The Hall–Kier alpha value is -3.34. The second-order valence-electron chi connectivity index (χ2n) is 6.21. The van der Waals surface area contributed by atoms with Gasteiger partial charge in [-0.2, -0.15) is 10.4 Å². The van der Waals surface area contributed by atoms with Crippen LogP contribution in [-0.4, -0.2) is 34.2 Å². The van der Waals surface area contributed by atoms with Crippen LogP contribution >= 0.6 is 0 Å². The maximum Gasteiger partial charge on any atom is 0.314 e. The van der Waals surface area contributed by atoms with Gasteiger partial charge in [0.25, 0.3) is 0 Å². The molecule has 0 aliphatic carbocycles. The van der Waals surface area contributed by atoms with Crippen LogP contribution in [-0.2, 0) is 16.1 Å². The molecule has 0 aliphatic heterocycles. The van der Waals surface area contributed by atoms with Crippen molar-refractivity contribution in [1.82, 2.24) is 15.1 Å². The zero-order valence-corrected chi connectivity index (χ0v) is 15.7. The van der Waals surface area contributed by atoms with E-state index in [1.54, 1.807) is 17.7 Å². The summed E-state index contributed by atoms with van der Waals surface area (Å²) in [5.41, 5.74) is 1.92. The van der Waals surface area contributed by atoms with Crippen LogP contribution in [0.15, 0.2) is 30.3 Å². The van der Waals surface area contributed by atoms with Gasteiger partial charge in [0.2, 0.25) is 0 Å². The van der Waals surface area contributed by atoms with Crippen molar-refractivity contribution in [3.05, 3.63) is 41.6 Å². The third kappa shape index (κ3) is 6.15. The standard InChI is InChI=1S/C19H23N5O3/c1-13-5-7-16(8-6-13)27-15(3)12-21-18(25)19(26)22-17-11-14(2)24(23-17)10-4-9-20/h5-8,11,15H,4,10,12H2,1-3H3,(H,21,25)(H,22,23,26). The molecule has 2 aromatic rings. The van der Waals surface area contributed by atoms with Gasteiger partial charge in [-0.3, -0.25) is 14.3 Å². The molecule has 1 aromatic carbocycles. The molecule has 1 aromatic heterocycles. The van der Waals surface area contributed by atoms with E-state index in [-0.39, 0.29) is 18.5 Å². The molecule has 0 radical (unpaired) electrons. The maximum absolute atomic E-state index is 12.0. The Morgan fingerprint density at radius 3 is 2.63 bits per heavy atom. The van der Waals surface area contributed by atoms with Gasteiger partial charge >= 0.3 is 11.8 Å². The number of carbonyl (C=O) groups is 2. The van der Waals surface area contributed by atoms with Crippen molar-refractivity contribution in [1.29, 1.82) is 5.26 Å². The first-order valence-electron chi connectivity index (χ1n) is 8.63. The Balaban J connectivity index is 1.80. The van der Waals surface area contributed by atoms with Gasteiger partial charge in [-0.25, -0.2) is 0 Å². The Morgan fingerprint density at radius 2 is 1.96 bits per heavy atom. The maximum atomic E-state index is 12.0. The number of hydrogen-bond acceptors (Lipinski definition) is 5. The molecule has 0 aliphatic rings. The van der Waals surface area contributed by atoms with Gasteiger partial charge in [0.15, 0.2) is 5.82 Å². The van der Waals surface area contributed by atoms with Crippen LogP contribution in [0.5, 0.6) is 5.75 Å². The molecular formula is C19H23N5O3. The van der Waals surface area contributed by atoms with Gasteiger partial charge in [-0.1, -0.05) is 17.7 Å². The Bertz CT molecular complexity index is 836. The van der Waals surface area contributed by atoms with E-state index < -0.39 is 11.8 Å². The van der Waals surface area contributed by atoms with Gasteiger partial charge in [0, 0.05) is 11.8 Å². The van der Waals surface area contributed by atoms with E-state index in [0.717, 1.165) is 11.3 Å². The number of rotatable bonds is 7. The number of amides is 2. The van der Waals surface area contributed by atoms with Gasteiger partial charge in [0.05, 0.1) is 25.6 Å². The van der Waals surface area contributed by atoms with Crippen molar-refractivity contribution >= 4 is 17.6 Å². The highest BCUT2D eigenvalue weighted by molar-refractivity contribution is 6.39. The number of nitrogens with one attached hydrogen (secondary N) is 2. The third-order valence-electron chi connectivity index (χ3n) is 3.77. The van der Waals surface area contributed by atoms with Gasteiger partial charge in [-0.05, 0) is 32.9 Å². The van der Waals surface area contributed by atoms with Crippen molar-refractivity contribution < 1.29 is 14.3 Å². The van der Waals surface area contributed by atoms with E-state index in [1.807, 2.05) is 44.2 Å². The molecule has 0 fully saturated rings. The van der Waals surface area contributed by atoms with Crippen LogP contribution in [0.1, 0.15) is 24.6 Å². The summed E-state index contributed by atoms with van der Waals surface area (Å²) in [6.07, 6.45) is 0.0202. The molecule has 1 heterocycles. The Kier molecular flexibility index (Phi) is 6.94. The summed E-state index contributed by atoms with van der Waals surface area (Å²) < 4.78 is 7.29. The topological polar surface area (TPSA) is 109 Å². The minimum absolute atomic E-state index is 0.190. The average molecular weight is 369 g/mol. The van der Waals surface area contributed by atoms with Crippen molar-refractivity contribution in [3.63, 3.8) is 0 Å². The van der Waals surface area contributed by atoms with E-state index in [1.165, 1.54) is 0 Å². The van der Waals surface area contributed by atoms with Gasteiger partial charge in [-0.15, -0.1) is 0 Å². The molecule has 8 nitrogen and oxygen atoms in total. The summed E-state index contributed by atoms with van der Waals surface area (Å²) >= 11 is 0. The molecule has 0 saturated carbocycles. The minimum Gasteiger partial charge on any atom is -0.489 e. The van der Waals surface area contributed by atoms with Crippen LogP contribution in [0.2, 0.25) is 0 Å². The van der Waals surface area contributed by atoms with E-state index in [4.69, 9.17) is 10.00 Å². The third-order valence-corrected chi connectivity index (χ3v) is 3.77. The van der Waals surface area contributed by atoms with Crippen LogP contribution in [0.4, 0.5) is 5.82 Å². The highest BCUT2D eigenvalue weighted by Crippen LogP contribution is 2.13. The predicted octanol–water partition coefficient (Wildman–Crippen LogP) is 1.94. The Labute approximate surface area is 158 Å². The van der Waals surface area contributed by atoms with Crippen LogP contribution in [0, 0.1) is 25.2 Å². The second-order valence-corrected chi connectivity index (χ2v) is 6.21. The summed E-state index contributed by atoms with van der Waals surface area (Å²) in [5.74, 6) is -0.596. The zero-order valence-electron chi connectivity index (χ0n) is 15.7. The number of benzene rings is 1. The largest absolute Gasteiger partial charge is 0.489 e. The van der Waals surface area contributed by atoms with Crippen molar-refractivity contribution in [2.24, 2.45) is 0 Å². The number of nitrogens with zero attached hydrogens (tertiary/aromatic N) is 3. The van der Waals surface area contributed by atoms with Crippen LogP contribution in [0.3, 0.4) is 0 Å². The molecule has 2 rings (SSSR count). The number of aryl methyl sites for hydroxylation is 3. The van der Waals surface area contributed by atoms with Crippen molar-refractivity contribution in [2.75, 3.05) is 11.9 Å². The molecule has 1 atom stereocenters. The van der Waals surface area contributed by atoms with E-state index in [9.17, 15) is 9.59 Å². The monoisotopic (exact) mass is 369 g/mol. The Morgan fingerprint density at radius 1 is 1.26 bits per heavy atom. The van der Waals surface area contributed by atoms with Crippen molar-refractivity contribution in [2.45, 2.75) is 39.8 Å².